The molecule has 0 atom stereocenters. The predicted molar refractivity (Wildman–Crippen MR) is 55.0 cm³/mol. The van der Waals surface area contributed by atoms with Crippen molar-refractivity contribution < 1.29 is 4.42 Å². The molecule has 0 unspecified atom stereocenters. The maximum absolute atomic E-state index is 5.54. The van der Waals surface area contributed by atoms with Gasteiger partial charge in [0.15, 0.2) is 0 Å². The van der Waals surface area contributed by atoms with E-state index in [1.54, 1.807) is 0 Å². The minimum atomic E-state index is 0.669. The van der Waals surface area contributed by atoms with Crippen LogP contribution in [0, 0.1) is 0 Å². The normalized spacial score (nSPS) is 10.7. The van der Waals surface area contributed by atoms with Crippen LogP contribution in [0.5, 0.6) is 0 Å². The van der Waals surface area contributed by atoms with Gasteiger partial charge in [0.05, 0.1) is 13.1 Å². The zero-order valence-corrected chi connectivity index (χ0v) is 8.66. The number of furan rings is 1. The SMILES string of the molecule is CCc1ccc(CNCc2ncn[nH]2)o1. The van der Waals surface area contributed by atoms with Gasteiger partial charge < -0.3 is 9.73 Å². The van der Waals surface area contributed by atoms with Gasteiger partial charge in [-0.3, -0.25) is 5.10 Å². The molecule has 2 aromatic rings. The molecule has 0 saturated heterocycles. The van der Waals surface area contributed by atoms with E-state index < -0.39 is 0 Å². The standard InChI is InChI=1S/C10H14N4O/c1-2-8-3-4-9(15-8)5-11-6-10-12-7-13-14-10/h3-4,7,11H,2,5-6H2,1H3,(H,12,13,14). The fourth-order valence-electron chi connectivity index (χ4n) is 1.33. The van der Waals surface area contributed by atoms with E-state index in [1.165, 1.54) is 6.33 Å². The van der Waals surface area contributed by atoms with Gasteiger partial charge in [-0.05, 0) is 12.1 Å². The van der Waals surface area contributed by atoms with Crippen molar-refractivity contribution in [1.29, 1.82) is 0 Å². The average Bonchev–Trinajstić information content (AvgIpc) is 2.88. The molecule has 5 nitrogen and oxygen atoms in total. The van der Waals surface area contributed by atoms with Gasteiger partial charge in [0.1, 0.15) is 23.7 Å². The summed E-state index contributed by atoms with van der Waals surface area (Å²) in [6.07, 6.45) is 2.43. The molecule has 2 N–H and O–H groups in total. The molecule has 0 fully saturated rings. The summed E-state index contributed by atoms with van der Waals surface area (Å²) in [7, 11) is 0. The van der Waals surface area contributed by atoms with Gasteiger partial charge in [0, 0.05) is 6.42 Å². The second kappa shape index (κ2) is 4.75. The van der Waals surface area contributed by atoms with Crippen LogP contribution in [0.3, 0.4) is 0 Å². The Labute approximate surface area is 87.9 Å². The second-order valence-electron chi connectivity index (χ2n) is 3.26. The van der Waals surface area contributed by atoms with Crippen molar-refractivity contribution in [3.05, 3.63) is 35.8 Å². The number of hydrogen-bond acceptors (Lipinski definition) is 4. The lowest BCUT2D eigenvalue weighted by molar-refractivity contribution is 0.449. The van der Waals surface area contributed by atoms with Gasteiger partial charge in [-0.1, -0.05) is 6.92 Å². The van der Waals surface area contributed by atoms with E-state index in [2.05, 4.69) is 27.4 Å². The minimum Gasteiger partial charge on any atom is -0.465 e. The Bertz CT molecular complexity index is 393. The monoisotopic (exact) mass is 206 g/mol. The largest absolute Gasteiger partial charge is 0.465 e. The van der Waals surface area contributed by atoms with Gasteiger partial charge in [-0.15, -0.1) is 0 Å². The minimum absolute atomic E-state index is 0.669. The van der Waals surface area contributed by atoms with Crippen LogP contribution in [0.2, 0.25) is 0 Å². The highest BCUT2D eigenvalue weighted by atomic mass is 16.3. The summed E-state index contributed by atoms with van der Waals surface area (Å²) in [5.41, 5.74) is 0. The number of aryl methyl sites for hydroxylation is 1. The van der Waals surface area contributed by atoms with Crippen LogP contribution in [0.25, 0.3) is 0 Å². The summed E-state index contributed by atoms with van der Waals surface area (Å²) >= 11 is 0. The van der Waals surface area contributed by atoms with Crippen LogP contribution < -0.4 is 5.32 Å². The first-order chi connectivity index (χ1) is 7.38. The van der Waals surface area contributed by atoms with Gasteiger partial charge in [0.2, 0.25) is 0 Å². The summed E-state index contributed by atoms with van der Waals surface area (Å²) < 4.78 is 5.54. The molecule has 0 aliphatic heterocycles. The lowest BCUT2D eigenvalue weighted by Crippen LogP contribution is -2.13. The maximum atomic E-state index is 5.54. The van der Waals surface area contributed by atoms with Gasteiger partial charge >= 0.3 is 0 Å². The third-order valence-electron chi connectivity index (χ3n) is 2.12. The number of nitrogens with zero attached hydrogens (tertiary/aromatic N) is 2. The number of hydrogen-bond donors (Lipinski definition) is 2. The maximum Gasteiger partial charge on any atom is 0.138 e. The number of aromatic amines is 1. The Balaban J connectivity index is 1.78. The number of H-pyrrole nitrogens is 1. The summed E-state index contributed by atoms with van der Waals surface area (Å²) in [5.74, 6) is 2.80. The van der Waals surface area contributed by atoms with Crippen LogP contribution in [-0.4, -0.2) is 15.2 Å². The van der Waals surface area contributed by atoms with Crippen LogP contribution in [0.4, 0.5) is 0 Å². The summed E-state index contributed by atoms with van der Waals surface area (Å²) in [6.45, 7) is 3.45. The molecule has 5 heteroatoms. The first kappa shape index (κ1) is 9.92. The lowest BCUT2D eigenvalue weighted by atomic mass is 10.3. The highest BCUT2D eigenvalue weighted by Crippen LogP contribution is 2.07. The molecule has 0 aliphatic carbocycles. The Kier molecular flexibility index (Phi) is 3.14. The van der Waals surface area contributed by atoms with Gasteiger partial charge in [-0.2, -0.15) is 5.10 Å². The fraction of sp³-hybridized carbons (Fsp3) is 0.400. The van der Waals surface area contributed by atoms with Crippen molar-refractivity contribution in [1.82, 2.24) is 20.5 Å². The topological polar surface area (TPSA) is 66.7 Å². The zero-order chi connectivity index (χ0) is 10.5. The van der Waals surface area contributed by atoms with E-state index in [0.29, 0.717) is 13.1 Å². The second-order valence-corrected chi connectivity index (χ2v) is 3.26. The fourth-order valence-corrected chi connectivity index (χ4v) is 1.33. The van der Waals surface area contributed by atoms with Crippen LogP contribution >= 0.6 is 0 Å². The molecule has 15 heavy (non-hydrogen) atoms. The number of nitrogens with one attached hydrogen (secondary N) is 2. The first-order valence-corrected chi connectivity index (χ1v) is 5.01. The van der Waals surface area contributed by atoms with Crippen molar-refractivity contribution >= 4 is 0 Å². The summed E-state index contributed by atoms with van der Waals surface area (Å²) in [6, 6.07) is 4.00. The molecule has 0 spiro atoms. The summed E-state index contributed by atoms with van der Waals surface area (Å²) in [4.78, 5) is 4.01. The van der Waals surface area contributed by atoms with E-state index >= 15 is 0 Å². The zero-order valence-electron chi connectivity index (χ0n) is 8.66. The molecule has 2 heterocycles. The van der Waals surface area contributed by atoms with Crippen LogP contribution in [0.15, 0.2) is 22.9 Å². The lowest BCUT2D eigenvalue weighted by Gasteiger charge is -1.98. The van der Waals surface area contributed by atoms with Crippen molar-refractivity contribution in [2.24, 2.45) is 0 Å². The molecule has 0 amide bonds. The Morgan fingerprint density at radius 2 is 2.20 bits per heavy atom. The van der Waals surface area contributed by atoms with E-state index in [9.17, 15) is 0 Å². The predicted octanol–water partition coefficient (Wildman–Crippen LogP) is 1.25. The van der Waals surface area contributed by atoms with Crippen LogP contribution in [-0.2, 0) is 19.5 Å². The van der Waals surface area contributed by atoms with E-state index in [1.807, 2.05) is 12.1 Å². The van der Waals surface area contributed by atoms with Crippen LogP contribution in [0.1, 0.15) is 24.3 Å². The summed E-state index contributed by atoms with van der Waals surface area (Å²) in [5, 5.41) is 9.77. The molecule has 80 valence electrons. The van der Waals surface area contributed by atoms with E-state index in [-0.39, 0.29) is 0 Å². The molecule has 0 saturated carbocycles. The van der Waals surface area contributed by atoms with Gasteiger partial charge in [-0.25, -0.2) is 4.98 Å². The van der Waals surface area contributed by atoms with Gasteiger partial charge in [0.25, 0.3) is 0 Å². The first-order valence-electron chi connectivity index (χ1n) is 5.01. The Morgan fingerprint density at radius 1 is 1.33 bits per heavy atom. The molecular formula is C10H14N4O. The molecule has 2 aromatic heterocycles. The quantitative estimate of drug-likeness (QED) is 0.772. The highest BCUT2D eigenvalue weighted by Gasteiger charge is 2.00. The third-order valence-corrected chi connectivity index (χ3v) is 2.12. The highest BCUT2D eigenvalue weighted by molar-refractivity contribution is 5.06. The number of aromatic nitrogens is 3. The molecule has 0 aliphatic rings. The van der Waals surface area contributed by atoms with E-state index in [4.69, 9.17) is 4.42 Å². The Hall–Kier alpha value is -1.62. The van der Waals surface area contributed by atoms with Crippen molar-refractivity contribution in [2.75, 3.05) is 0 Å². The van der Waals surface area contributed by atoms with Crippen molar-refractivity contribution in [3.8, 4) is 0 Å². The molecule has 0 radical (unpaired) electrons. The molecular weight excluding hydrogens is 192 g/mol. The smallest absolute Gasteiger partial charge is 0.138 e. The van der Waals surface area contributed by atoms with Crippen molar-refractivity contribution in [2.45, 2.75) is 26.4 Å². The average molecular weight is 206 g/mol. The van der Waals surface area contributed by atoms with Crippen molar-refractivity contribution in [3.63, 3.8) is 0 Å². The molecule has 2 rings (SSSR count). The number of rotatable bonds is 5. The molecule has 0 bridgehead atoms. The molecule has 0 aromatic carbocycles. The van der Waals surface area contributed by atoms with E-state index in [0.717, 1.165) is 23.8 Å². The third kappa shape index (κ3) is 2.66. The Morgan fingerprint density at radius 3 is 2.87 bits per heavy atom.